The van der Waals surface area contributed by atoms with E-state index in [0.29, 0.717) is 30.6 Å². The Bertz CT molecular complexity index is 737. The quantitative estimate of drug-likeness (QED) is 0.674. The molecule has 0 amide bonds. The Kier molecular flexibility index (Phi) is 4.21. The molecule has 0 radical (unpaired) electrons. The fraction of sp³-hybridized carbons (Fsp3) is 0.783. The Morgan fingerprint density at radius 1 is 1.00 bits per heavy atom. The number of esters is 1. The lowest BCUT2D eigenvalue weighted by Gasteiger charge is -2.59. The molecule has 0 spiro atoms. The second kappa shape index (κ2) is 6.02. The van der Waals surface area contributed by atoms with Crippen molar-refractivity contribution >= 4 is 17.5 Å². The summed E-state index contributed by atoms with van der Waals surface area (Å²) in [6.45, 7) is 7.58. The predicted molar refractivity (Wildman–Crippen MR) is 102 cm³/mol. The Morgan fingerprint density at radius 2 is 1.70 bits per heavy atom. The number of rotatable bonds is 2. The predicted octanol–water partition coefficient (Wildman–Crippen LogP) is 4.41. The summed E-state index contributed by atoms with van der Waals surface area (Å²) in [5, 5.41) is 0. The molecule has 27 heavy (non-hydrogen) atoms. The van der Waals surface area contributed by atoms with E-state index in [0.717, 1.165) is 38.5 Å². The van der Waals surface area contributed by atoms with Crippen LogP contribution >= 0.6 is 0 Å². The summed E-state index contributed by atoms with van der Waals surface area (Å²) >= 11 is 0. The van der Waals surface area contributed by atoms with Crippen molar-refractivity contribution in [3.05, 3.63) is 11.6 Å². The molecule has 0 aromatic carbocycles. The molecule has 6 atom stereocenters. The van der Waals surface area contributed by atoms with Crippen molar-refractivity contribution < 1.29 is 19.1 Å². The van der Waals surface area contributed by atoms with Gasteiger partial charge in [0.05, 0.1) is 0 Å². The summed E-state index contributed by atoms with van der Waals surface area (Å²) < 4.78 is 5.81. The highest BCUT2D eigenvalue weighted by atomic mass is 16.6. The van der Waals surface area contributed by atoms with E-state index in [1.54, 1.807) is 6.92 Å². The molecule has 0 aromatic rings. The molecule has 4 rings (SSSR count). The van der Waals surface area contributed by atoms with Crippen LogP contribution in [0.5, 0.6) is 0 Å². The van der Waals surface area contributed by atoms with Gasteiger partial charge in [-0.05, 0) is 81.1 Å². The molecular formula is C23H32O4. The first-order chi connectivity index (χ1) is 12.6. The van der Waals surface area contributed by atoms with Gasteiger partial charge >= 0.3 is 5.97 Å². The molecule has 4 aliphatic carbocycles. The van der Waals surface area contributed by atoms with Crippen molar-refractivity contribution in [3.63, 3.8) is 0 Å². The Balaban J connectivity index is 1.70. The van der Waals surface area contributed by atoms with Crippen molar-refractivity contribution in [1.29, 1.82) is 0 Å². The molecule has 3 fully saturated rings. The van der Waals surface area contributed by atoms with E-state index >= 15 is 0 Å². The van der Waals surface area contributed by atoms with Gasteiger partial charge in [-0.15, -0.1) is 0 Å². The molecule has 4 nitrogen and oxygen atoms in total. The van der Waals surface area contributed by atoms with Gasteiger partial charge in [-0.2, -0.15) is 0 Å². The molecule has 0 unspecified atom stereocenters. The minimum absolute atomic E-state index is 0.00650. The Morgan fingerprint density at radius 3 is 2.37 bits per heavy atom. The number of allylic oxidation sites excluding steroid dienone is 1. The minimum atomic E-state index is -0.950. The van der Waals surface area contributed by atoms with Gasteiger partial charge in [-0.1, -0.05) is 19.4 Å². The van der Waals surface area contributed by atoms with E-state index in [1.165, 1.54) is 12.5 Å². The minimum Gasteiger partial charge on any atom is -0.451 e. The zero-order valence-electron chi connectivity index (χ0n) is 17.1. The maximum absolute atomic E-state index is 12.7. The number of carbonyl (C=O) groups is 3. The first-order valence-electron chi connectivity index (χ1n) is 10.6. The average molecular weight is 373 g/mol. The van der Waals surface area contributed by atoms with Gasteiger partial charge in [0.1, 0.15) is 0 Å². The number of ether oxygens (including phenoxy) is 1. The van der Waals surface area contributed by atoms with E-state index in [2.05, 4.69) is 13.8 Å². The zero-order chi connectivity index (χ0) is 19.6. The fourth-order valence-corrected chi connectivity index (χ4v) is 7.62. The van der Waals surface area contributed by atoms with E-state index in [4.69, 9.17) is 4.74 Å². The number of fused-ring (bicyclic) bond motifs is 5. The summed E-state index contributed by atoms with van der Waals surface area (Å²) in [5.74, 6) is 1.48. The SMILES string of the molecule is CC(=O)O[C@@]1(C(C)=O)CC[C@@H]2[C@H]3CCC4=CC(=O)CC[C@@]4(C)[C@@H]3CC[C@@]21C. The van der Waals surface area contributed by atoms with Crippen LogP contribution in [0.3, 0.4) is 0 Å². The third-order valence-electron chi connectivity index (χ3n) is 8.97. The third kappa shape index (κ3) is 2.44. The molecule has 3 saturated carbocycles. The van der Waals surface area contributed by atoms with Crippen LogP contribution in [0.15, 0.2) is 11.6 Å². The topological polar surface area (TPSA) is 60.4 Å². The summed E-state index contributed by atoms with van der Waals surface area (Å²) in [6.07, 6.45) is 9.23. The first-order valence-corrected chi connectivity index (χ1v) is 10.6. The maximum atomic E-state index is 12.7. The molecule has 4 aliphatic rings. The summed E-state index contributed by atoms with van der Waals surface area (Å²) in [7, 11) is 0. The van der Waals surface area contributed by atoms with Crippen molar-refractivity contribution in [2.45, 2.75) is 84.7 Å². The summed E-state index contributed by atoms with van der Waals surface area (Å²) in [5.41, 5.74) is 0.266. The highest BCUT2D eigenvalue weighted by Crippen LogP contribution is 2.68. The van der Waals surface area contributed by atoms with Crippen LogP contribution in [-0.4, -0.2) is 23.1 Å². The largest absolute Gasteiger partial charge is 0.451 e. The molecule has 0 N–H and O–H groups in total. The number of hydrogen-bond donors (Lipinski definition) is 0. The van der Waals surface area contributed by atoms with Gasteiger partial charge in [-0.3, -0.25) is 14.4 Å². The lowest BCUT2D eigenvalue weighted by molar-refractivity contribution is -0.187. The Hall–Kier alpha value is -1.45. The molecule has 4 heteroatoms. The van der Waals surface area contributed by atoms with E-state index in [-0.39, 0.29) is 28.4 Å². The van der Waals surface area contributed by atoms with Gasteiger partial charge in [0, 0.05) is 18.8 Å². The molecule has 0 heterocycles. The number of hydrogen-bond acceptors (Lipinski definition) is 4. The second-order valence-electron chi connectivity index (χ2n) is 9.94. The standard InChI is InChI=1S/C23H32O4/c1-14(24)23(27-15(2)25)12-9-20-18-6-5-16-13-17(26)7-10-21(16,3)19(18)8-11-22(20,23)4/h13,18-20H,5-12H2,1-4H3/t18-,19+,20+,21+,22-,23+/m0/s1. The first kappa shape index (κ1) is 18.9. The van der Waals surface area contributed by atoms with Gasteiger partial charge in [0.2, 0.25) is 0 Å². The fourth-order valence-electron chi connectivity index (χ4n) is 7.62. The molecule has 0 saturated heterocycles. The highest BCUT2D eigenvalue weighted by Gasteiger charge is 2.67. The molecule has 0 aromatic heterocycles. The zero-order valence-corrected chi connectivity index (χ0v) is 17.1. The number of ketones is 2. The lowest BCUT2D eigenvalue weighted by Crippen LogP contribution is -2.58. The molecule has 148 valence electrons. The van der Waals surface area contributed by atoms with Gasteiger partial charge in [-0.25, -0.2) is 0 Å². The monoisotopic (exact) mass is 372 g/mol. The van der Waals surface area contributed by atoms with Gasteiger partial charge in [0.15, 0.2) is 17.2 Å². The van der Waals surface area contributed by atoms with Crippen LogP contribution in [0, 0.1) is 28.6 Å². The van der Waals surface area contributed by atoms with E-state index < -0.39 is 5.60 Å². The van der Waals surface area contributed by atoms with E-state index in [1.807, 2.05) is 6.08 Å². The van der Waals surface area contributed by atoms with Crippen molar-refractivity contribution in [1.82, 2.24) is 0 Å². The van der Waals surface area contributed by atoms with Crippen LogP contribution in [0.2, 0.25) is 0 Å². The smallest absolute Gasteiger partial charge is 0.303 e. The van der Waals surface area contributed by atoms with Crippen molar-refractivity contribution in [2.24, 2.45) is 28.6 Å². The van der Waals surface area contributed by atoms with Gasteiger partial charge in [0.25, 0.3) is 0 Å². The molecule has 0 aliphatic heterocycles. The Labute approximate surface area is 162 Å². The number of Topliss-reactive ketones (excluding diaryl/α,β-unsaturated/α-hetero) is 1. The van der Waals surface area contributed by atoms with Crippen LogP contribution in [-0.2, 0) is 19.1 Å². The normalized spacial score (nSPS) is 46.0. The van der Waals surface area contributed by atoms with Gasteiger partial charge < -0.3 is 4.74 Å². The van der Waals surface area contributed by atoms with Crippen LogP contribution in [0.25, 0.3) is 0 Å². The molecular weight excluding hydrogens is 340 g/mol. The maximum Gasteiger partial charge on any atom is 0.303 e. The van der Waals surface area contributed by atoms with E-state index in [9.17, 15) is 14.4 Å². The van der Waals surface area contributed by atoms with Crippen LogP contribution in [0.4, 0.5) is 0 Å². The number of carbonyl (C=O) groups excluding carboxylic acids is 3. The van der Waals surface area contributed by atoms with Crippen molar-refractivity contribution in [2.75, 3.05) is 0 Å². The van der Waals surface area contributed by atoms with Crippen molar-refractivity contribution in [3.8, 4) is 0 Å². The summed E-state index contributed by atoms with van der Waals surface area (Å²) in [4.78, 5) is 36.5. The van der Waals surface area contributed by atoms with Crippen LogP contribution in [0.1, 0.15) is 79.1 Å². The lowest BCUT2D eigenvalue weighted by atomic mass is 9.46. The second-order valence-corrected chi connectivity index (χ2v) is 9.94. The highest BCUT2D eigenvalue weighted by molar-refractivity contribution is 5.91. The summed E-state index contributed by atoms with van der Waals surface area (Å²) in [6, 6.07) is 0. The average Bonchev–Trinajstić information content (AvgIpc) is 2.89. The van der Waals surface area contributed by atoms with Crippen LogP contribution < -0.4 is 0 Å². The third-order valence-corrected chi connectivity index (χ3v) is 8.97. The molecule has 0 bridgehead atoms.